The Morgan fingerprint density at radius 2 is 1.88 bits per heavy atom. The predicted molar refractivity (Wildman–Crippen MR) is 94.4 cm³/mol. The smallest absolute Gasteiger partial charge is 0.309 e. The third kappa shape index (κ3) is 3.29. The minimum absolute atomic E-state index is 0.163. The number of aromatic nitrogens is 1. The first-order valence-electron chi connectivity index (χ1n) is 8.57. The third-order valence-corrected chi connectivity index (χ3v) is 4.73. The summed E-state index contributed by atoms with van der Waals surface area (Å²) in [5, 5.41) is 0.539. The fraction of sp³-hybridized carbons (Fsp3) is 0.421. The first-order valence-corrected chi connectivity index (χ1v) is 8.57. The minimum Gasteiger partial charge on any atom is -0.466 e. The molecule has 6 heteroatoms. The van der Waals surface area contributed by atoms with Crippen LogP contribution < -0.4 is 5.43 Å². The standard InChI is InChI=1S/C19H22N2O4/c1-3-25-19(24)13-8-10-21(11-9-13)18(23)15-12-20(2)16-7-5-4-6-14(16)17(15)22/h4-7,12-13H,3,8-11H2,1-2H3. The van der Waals surface area contributed by atoms with Crippen molar-refractivity contribution in [2.45, 2.75) is 19.8 Å². The van der Waals surface area contributed by atoms with E-state index in [9.17, 15) is 14.4 Å². The van der Waals surface area contributed by atoms with E-state index in [0.29, 0.717) is 37.9 Å². The molecule has 1 amide bonds. The number of rotatable bonds is 3. The number of hydrogen-bond acceptors (Lipinski definition) is 4. The maximum absolute atomic E-state index is 12.8. The normalized spacial score (nSPS) is 15.4. The predicted octanol–water partition coefficient (Wildman–Crippen LogP) is 1.95. The van der Waals surface area contributed by atoms with Gasteiger partial charge in [-0.25, -0.2) is 0 Å². The van der Waals surface area contributed by atoms with Gasteiger partial charge in [-0.15, -0.1) is 0 Å². The molecule has 0 N–H and O–H groups in total. The van der Waals surface area contributed by atoms with Crippen molar-refractivity contribution in [3.8, 4) is 0 Å². The Labute approximate surface area is 146 Å². The lowest BCUT2D eigenvalue weighted by Gasteiger charge is -2.30. The number of ether oxygens (including phenoxy) is 1. The molecule has 0 radical (unpaired) electrons. The van der Waals surface area contributed by atoms with Crippen LogP contribution in [0, 0.1) is 5.92 Å². The van der Waals surface area contributed by atoms with Crippen LogP contribution in [-0.4, -0.2) is 41.0 Å². The maximum Gasteiger partial charge on any atom is 0.309 e. The Bertz CT molecular complexity index is 863. The quantitative estimate of drug-likeness (QED) is 0.800. The number of aryl methyl sites for hydroxylation is 1. The van der Waals surface area contributed by atoms with Gasteiger partial charge in [-0.3, -0.25) is 14.4 Å². The highest BCUT2D eigenvalue weighted by molar-refractivity contribution is 5.97. The average Bonchev–Trinajstić information content (AvgIpc) is 2.64. The van der Waals surface area contributed by atoms with Gasteiger partial charge in [0.05, 0.1) is 18.0 Å². The molecule has 1 fully saturated rings. The summed E-state index contributed by atoms with van der Waals surface area (Å²) in [7, 11) is 1.82. The van der Waals surface area contributed by atoms with Gasteiger partial charge in [-0.2, -0.15) is 0 Å². The molecule has 132 valence electrons. The highest BCUT2D eigenvalue weighted by Gasteiger charge is 2.29. The van der Waals surface area contributed by atoms with Crippen molar-refractivity contribution in [2.75, 3.05) is 19.7 Å². The largest absolute Gasteiger partial charge is 0.466 e. The van der Waals surface area contributed by atoms with Gasteiger partial charge in [-0.05, 0) is 31.9 Å². The summed E-state index contributed by atoms with van der Waals surface area (Å²) in [5.41, 5.74) is 0.729. The van der Waals surface area contributed by atoms with Crippen LogP contribution in [0.3, 0.4) is 0 Å². The summed E-state index contributed by atoms with van der Waals surface area (Å²) in [6.45, 7) is 3.06. The van der Waals surface area contributed by atoms with E-state index in [2.05, 4.69) is 0 Å². The summed E-state index contributed by atoms with van der Waals surface area (Å²) in [6.07, 6.45) is 2.74. The van der Waals surface area contributed by atoms with E-state index in [1.54, 1.807) is 34.7 Å². The Hall–Kier alpha value is -2.63. The van der Waals surface area contributed by atoms with E-state index < -0.39 is 0 Å². The first-order chi connectivity index (χ1) is 12.0. The van der Waals surface area contributed by atoms with Crippen molar-refractivity contribution < 1.29 is 14.3 Å². The molecule has 0 saturated carbocycles. The Kier molecular flexibility index (Phi) is 4.88. The zero-order valence-electron chi connectivity index (χ0n) is 14.5. The summed E-state index contributed by atoms with van der Waals surface area (Å²) in [5.74, 6) is -0.631. The Morgan fingerprint density at radius 3 is 2.56 bits per heavy atom. The first kappa shape index (κ1) is 17.2. The second-order valence-electron chi connectivity index (χ2n) is 6.32. The molecule has 1 aromatic heterocycles. The van der Waals surface area contributed by atoms with Crippen molar-refractivity contribution in [2.24, 2.45) is 13.0 Å². The topological polar surface area (TPSA) is 68.6 Å². The van der Waals surface area contributed by atoms with Gasteiger partial charge in [-0.1, -0.05) is 12.1 Å². The van der Waals surface area contributed by atoms with E-state index in [-0.39, 0.29) is 28.8 Å². The molecule has 0 bridgehead atoms. The number of benzene rings is 1. The monoisotopic (exact) mass is 342 g/mol. The zero-order valence-corrected chi connectivity index (χ0v) is 14.5. The van der Waals surface area contributed by atoms with E-state index in [1.807, 2.05) is 19.2 Å². The fourth-order valence-electron chi connectivity index (χ4n) is 3.34. The Morgan fingerprint density at radius 1 is 1.20 bits per heavy atom. The van der Waals surface area contributed by atoms with Crippen LogP contribution in [0.15, 0.2) is 35.3 Å². The lowest BCUT2D eigenvalue weighted by molar-refractivity contribution is -0.149. The summed E-state index contributed by atoms with van der Waals surface area (Å²) in [4.78, 5) is 39.0. The molecule has 25 heavy (non-hydrogen) atoms. The number of para-hydroxylation sites is 1. The average molecular weight is 342 g/mol. The van der Waals surface area contributed by atoms with Crippen LogP contribution in [0.2, 0.25) is 0 Å². The van der Waals surface area contributed by atoms with Crippen molar-refractivity contribution in [1.29, 1.82) is 0 Å². The van der Waals surface area contributed by atoms with Crippen LogP contribution in [0.4, 0.5) is 0 Å². The molecule has 1 aromatic carbocycles. The van der Waals surface area contributed by atoms with Crippen LogP contribution in [0.1, 0.15) is 30.1 Å². The molecular formula is C19H22N2O4. The van der Waals surface area contributed by atoms with Gasteiger partial charge >= 0.3 is 5.97 Å². The molecule has 1 aliphatic heterocycles. The van der Waals surface area contributed by atoms with Crippen LogP contribution >= 0.6 is 0 Å². The number of carbonyl (C=O) groups excluding carboxylic acids is 2. The number of carbonyl (C=O) groups is 2. The molecule has 1 aliphatic rings. The number of piperidine rings is 1. The highest BCUT2D eigenvalue weighted by Crippen LogP contribution is 2.20. The molecular weight excluding hydrogens is 320 g/mol. The van der Waals surface area contributed by atoms with Gasteiger partial charge in [0, 0.05) is 31.7 Å². The lowest BCUT2D eigenvalue weighted by Crippen LogP contribution is -2.42. The number of esters is 1. The number of hydrogen-bond donors (Lipinski definition) is 0. The number of likely N-dealkylation sites (tertiary alicyclic amines) is 1. The summed E-state index contributed by atoms with van der Waals surface area (Å²) >= 11 is 0. The van der Waals surface area contributed by atoms with Gasteiger partial charge < -0.3 is 14.2 Å². The van der Waals surface area contributed by atoms with Crippen LogP contribution in [0.5, 0.6) is 0 Å². The van der Waals surface area contributed by atoms with Gasteiger partial charge in [0.15, 0.2) is 0 Å². The van der Waals surface area contributed by atoms with Gasteiger partial charge in [0.25, 0.3) is 5.91 Å². The number of fused-ring (bicyclic) bond motifs is 1. The van der Waals surface area contributed by atoms with Crippen LogP contribution in [0.25, 0.3) is 10.9 Å². The zero-order chi connectivity index (χ0) is 18.0. The lowest BCUT2D eigenvalue weighted by atomic mass is 9.96. The SMILES string of the molecule is CCOC(=O)C1CCN(C(=O)c2cn(C)c3ccccc3c2=O)CC1. The fourth-order valence-corrected chi connectivity index (χ4v) is 3.34. The summed E-state index contributed by atoms with van der Waals surface area (Å²) in [6, 6.07) is 7.25. The molecule has 0 spiro atoms. The minimum atomic E-state index is -0.270. The molecule has 2 heterocycles. The van der Waals surface area contributed by atoms with E-state index in [0.717, 1.165) is 5.52 Å². The second kappa shape index (κ2) is 7.09. The van der Waals surface area contributed by atoms with Crippen molar-refractivity contribution in [1.82, 2.24) is 9.47 Å². The molecule has 0 unspecified atom stereocenters. The number of pyridine rings is 1. The van der Waals surface area contributed by atoms with Gasteiger partial charge in [0.1, 0.15) is 5.56 Å². The van der Waals surface area contributed by atoms with E-state index >= 15 is 0 Å². The van der Waals surface area contributed by atoms with Crippen LogP contribution in [-0.2, 0) is 16.6 Å². The number of nitrogens with zero attached hydrogens (tertiary/aromatic N) is 2. The second-order valence-corrected chi connectivity index (χ2v) is 6.32. The molecule has 0 aliphatic carbocycles. The van der Waals surface area contributed by atoms with E-state index in [4.69, 9.17) is 4.74 Å². The van der Waals surface area contributed by atoms with Crippen molar-refractivity contribution in [3.63, 3.8) is 0 Å². The highest BCUT2D eigenvalue weighted by atomic mass is 16.5. The molecule has 2 aromatic rings. The van der Waals surface area contributed by atoms with Crippen molar-refractivity contribution in [3.05, 3.63) is 46.2 Å². The Balaban J connectivity index is 1.81. The third-order valence-electron chi connectivity index (χ3n) is 4.73. The molecule has 0 atom stereocenters. The summed E-state index contributed by atoms with van der Waals surface area (Å²) < 4.78 is 6.85. The molecule has 6 nitrogen and oxygen atoms in total. The van der Waals surface area contributed by atoms with E-state index in [1.165, 1.54) is 0 Å². The molecule has 3 rings (SSSR count). The van der Waals surface area contributed by atoms with Gasteiger partial charge in [0.2, 0.25) is 5.43 Å². The maximum atomic E-state index is 12.8. The molecule has 1 saturated heterocycles. The van der Waals surface area contributed by atoms with Crippen molar-refractivity contribution >= 4 is 22.8 Å². The number of amides is 1.